The molecule has 1 aromatic heterocycles. The van der Waals surface area contributed by atoms with Gasteiger partial charge < -0.3 is 15.2 Å². The lowest BCUT2D eigenvalue weighted by molar-refractivity contribution is 0.0697. The Morgan fingerprint density at radius 3 is 2.90 bits per heavy atom. The fourth-order valence-corrected chi connectivity index (χ4v) is 1.89. The molecule has 1 heterocycles. The van der Waals surface area contributed by atoms with Gasteiger partial charge in [0, 0.05) is 6.54 Å². The largest absolute Gasteiger partial charge is 0.478 e. The van der Waals surface area contributed by atoms with Gasteiger partial charge in [0.2, 0.25) is 5.88 Å². The van der Waals surface area contributed by atoms with E-state index in [0.717, 1.165) is 11.1 Å². The molecule has 0 unspecified atom stereocenters. The number of hydrogen-bond donors (Lipinski definition) is 2. The third-order valence-electron chi connectivity index (χ3n) is 2.95. The molecule has 0 aliphatic rings. The topological polar surface area (TPSA) is 84.3 Å². The van der Waals surface area contributed by atoms with Crippen LogP contribution in [0.2, 0.25) is 0 Å². The summed E-state index contributed by atoms with van der Waals surface area (Å²) in [6, 6.07) is 6.78. The Balaban J connectivity index is 2.11. The second-order valence-electron chi connectivity index (χ2n) is 4.44. The van der Waals surface area contributed by atoms with Crippen molar-refractivity contribution < 1.29 is 14.6 Å². The first-order valence-corrected chi connectivity index (χ1v) is 6.62. The number of anilines is 1. The number of aromatic nitrogens is 2. The fourth-order valence-electron chi connectivity index (χ4n) is 1.89. The predicted molar refractivity (Wildman–Crippen MR) is 78.7 cm³/mol. The molecule has 110 valence electrons. The smallest absolute Gasteiger partial charge is 0.335 e. The first-order chi connectivity index (χ1) is 10.1. The molecule has 0 aliphatic carbocycles. The van der Waals surface area contributed by atoms with Gasteiger partial charge in [-0.3, -0.25) is 0 Å². The summed E-state index contributed by atoms with van der Waals surface area (Å²) in [5.41, 5.74) is 1.96. The summed E-state index contributed by atoms with van der Waals surface area (Å²) in [5.74, 6) is 0.289. The van der Waals surface area contributed by atoms with Crippen molar-refractivity contribution in [1.29, 1.82) is 0 Å². The van der Waals surface area contributed by atoms with Gasteiger partial charge in [-0.2, -0.15) is 0 Å². The minimum absolute atomic E-state index is 0.267. The zero-order chi connectivity index (χ0) is 15.2. The summed E-state index contributed by atoms with van der Waals surface area (Å²) in [6.07, 6.45) is 1.44. The van der Waals surface area contributed by atoms with Gasteiger partial charge in [0.15, 0.2) is 0 Å². The first-order valence-electron chi connectivity index (χ1n) is 6.62. The molecule has 2 aromatic rings. The Morgan fingerprint density at radius 1 is 1.38 bits per heavy atom. The van der Waals surface area contributed by atoms with Crippen molar-refractivity contribution in [2.75, 3.05) is 11.9 Å². The maximum atomic E-state index is 10.9. The van der Waals surface area contributed by atoms with E-state index >= 15 is 0 Å². The van der Waals surface area contributed by atoms with Crippen molar-refractivity contribution >= 4 is 11.8 Å². The molecule has 0 radical (unpaired) electrons. The normalized spacial score (nSPS) is 10.2. The van der Waals surface area contributed by atoms with Crippen LogP contribution in [0.1, 0.15) is 28.4 Å². The SMILES string of the molecule is CCOc1ncnc(NCc2cccc(C(=O)O)c2)c1C. The molecule has 6 heteroatoms. The van der Waals surface area contributed by atoms with Crippen molar-refractivity contribution in [3.05, 3.63) is 47.3 Å². The summed E-state index contributed by atoms with van der Waals surface area (Å²) in [6.45, 7) is 4.79. The quantitative estimate of drug-likeness (QED) is 0.849. The van der Waals surface area contributed by atoms with Crippen molar-refractivity contribution in [2.45, 2.75) is 20.4 Å². The van der Waals surface area contributed by atoms with E-state index in [1.807, 2.05) is 19.9 Å². The van der Waals surface area contributed by atoms with Gasteiger partial charge in [0.05, 0.1) is 17.7 Å². The maximum absolute atomic E-state index is 10.9. The number of carbonyl (C=O) groups is 1. The minimum Gasteiger partial charge on any atom is -0.478 e. The zero-order valence-corrected chi connectivity index (χ0v) is 12.0. The van der Waals surface area contributed by atoms with Gasteiger partial charge in [-0.15, -0.1) is 0 Å². The molecule has 0 amide bonds. The molecule has 6 nitrogen and oxygen atoms in total. The van der Waals surface area contributed by atoms with Gasteiger partial charge in [0.1, 0.15) is 12.1 Å². The molecule has 2 N–H and O–H groups in total. The number of aromatic carboxylic acids is 1. The maximum Gasteiger partial charge on any atom is 0.335 e. The van der Waals surface area contributed by atoms with Gasteiger partial charge in [-0.05, 0) is 31.5 Å². The van der Waals surface area contributed by atoms with Crippen LogP contribution in [0.3, 0.4) is 0 Å². The first kappa shape index (κ1) is 14.8. The average molecular weight is 287 g/mol. The molecule has 0 bridgehead atoms. The Bertz CT molecular complexity index is 644. The summed E-state index contributed by atoms with van der Waals surface area (Å²) in [4.78, 5) is 19.2. The van der Waals surface area contributed by atoms with E-state index in [2.05, 4.69) is 15.3 Å². The second-order valence-corrected chi connectivity index (χ2v) is 4.44. The predicted octanol–water partition coefficient (Wildman–Crippen LogP) is 2.49. The molecule has 0 atom stereocenters. The van der Waals surface area contributed by atoms with Gasteiger partial charge in [0.25, 0.3) is 0 Å². The molecule has 21 heavy (non-hydrogen) atoms. The van der Waals surface area contributed by atoms with E-state index in [-0.39, 0.29) is 5.56 Å². The Labute approximate surface area is 122 Å². The number of nitrogens with zero attached hydrogens (tertiary/aromatic N) is 2. The molecule has 0 saturated heterocycles. The van der Waals surface area contributed by atoms with Crippen LogP contribution in [0, 0.1) is 6.92 Å². The molecular formula is C15H17N3O3. The lowest BCUT2D eigenvalue weighted by Crippen LogP contribution is -2.07. The molecule has 2 rings (SSSR count). The molecule has 0 spiro atoms. The number of carboxylic acid groups (broad SMARTS) is 1. The third-order valence-corrected chi connectivity index (χ3v) is 2.95. The van der Waals surface area contributed by atoms with Crippen LogP contribution >= 0.6 is 0 Å². The number of ether oxygens (including phenoxy) is 1. The van der Waals surface area contributed by atoms with E-state index in [1.165, 1.54) is 6.33 Å². The zero-order valence-electron chi connectivity index (χ0n) is 12.0. The van der Waals surface area contributed by atoms with E-state index in [0.29, 0.717) is 24.8 Å². The lowest BCUT2D eigenvalue weighted by atomic mass is 10.1. The number of carboxylic acids is 1. The number of rotatable bonds is 6. The monoisotopic (exact) mass is 287 g/mol. The van der Waals surface area contributed by atoms with Gasteiger partial charge >= 0.3 is 5.97 Å². The van der Waals surface area contributed by atoms with Crippen LogP contribution in [0.15, 0.2) is 30.6 Å². The molecule has 0 aliphatic heterocycles. The van der Waals surface area contributed by atoms with E-state index in [1.54, 1.807) is 18.2 Å². The molecule has 0 fully saturated rings. The van der Waals surface area contributed by atoms with Crippen LogP contribution in [-0.4, -0.2) is 27.7 Å². The number of nitrogens with one attached hydrogen (secondary N) is 1. The lowest BCUT2D eigenvalue weighted by Gasteiger charge is -2.11. The van der Waals surface area contributed by atoms with Crippen molar-refractivity contribution in [2.24, 2.45) is 0 Å². The van der Waals surface area contributed by atoms with Gasteiger partial charge in [-0.25, -0.2) is 14.8 Å². The number of hydrogen-bond acceptors (Lipinski definition) is 5. The van der Waals surface area contributed by atoms with Crippen molar-refractivity contribution in [3.63, 3.8) is 0 Å². The summed E-state index contributed by atoms with van der Waals surface area (Å²) in [5, 5.41) is 12.1. The van der Waals surface area contributed by atoms with Crippen molar-refractivity contribution in [3.8, 4) is 5.88 Å². The highest BCUT2D eigenvalue weighted by Gasteiger charge is 2.08. The molecule has 0 saturated carbocycles. The highest BCUT2D eigenvalue weighted by atomic mass is 16.5. The third kappa shape index (κ3) is 3.68. The van der Waals surface area contributed by atoms with E-state index in [9.17, 15) is 4.79 Å². The van der Waals surface area contributed by atoms with Crippen molar-refractivity contribution in [1.82, 2.24) is 9.97 Å². The Hall–Kier alpha value is -2.63. The highest BCUT2D eigenvalue weighted by Crippen LogP contribution is 2.20. The fraction of sp³-hybridized carbons (Fsp3) is 0.267. The summed E-state index contributed by atoms with van der Waals surface area (Å²) >= 11 is 0. The van der Waals surface area contributed by atoms with Crippen LogP contribution in [0.25, 0.3) is 0 Å². The standard InChI is InChI=1S/C15H17N3O3/c1-3-21-14-10(2)13(17-9-18-14)16-8-11-5-4-6-12(7-11)15(19)20/h4-7,9H,3,8H2,1-2H3,(H,19,20)(H,16,17,18). The van der Waals surface area contributed by atoms with Crippen LogP contribution in [0.4, 0.5) is 5.82 Å². The van der Waals surface area contributed by atoms with Crippen LogP contribution in [0.5, 0.6) is 5.88 Å². The van der Waals surface area contributed by atoms with E-state index < -0.39 is 5.97 Å². The second kappa shape index (κ2) is 6.69. The molecular weight excluding hydrogens is 270 g/mol. The number of benzene rings is 1. The van der Waals surface area contributed by atoms with Crippen LogP contribution < -0.4 is 10.1 Å². The Kier molecular flexibility index (Phi) is 4.71. The highest BCUT2D eigenvalue weighted by molar-refractivity contribution is 5.87. The van der Waals surface area contributed by atoms with E-state index in [4.69, 9.17) is 9.84 Å². The molecule has 1 aromatic carbocycles. The van der Waals surface area contributed by atoms with Gasteiger partial charge in [-0.1, -0.05) is 12.1 Å². The minimum atomic E-state index is -0.936. The summed E-state index contributed by atoms with van der Waals surface area (Å²) in [7, 11) is 0. The Morgan fingerprint density at radius 2 is 2.19 bits per heavy atom. The van der Waals surface area contributed by atoms with Crippen LogP contribution in [-0.2, 0) is 6.54 Å². The average Bonchev–Trinajstić information content (AvgIpc) is 2.48. The summed E-state index contributed by atoms with van der Waals surface area (Å²) < 4.78 is 5.41.